The average Bonchev–Trinajstić information content (AvgIpc) is 3.09. The number of benzene rings is 1. The Labute approximate surface area is 130 Å². The standard InChI is InChI=1S/C14H15BrN4O2/c1-21-9-4-5-11(15)10(7-9)14(20)16-8-13-18-17-12-3-2-6-19(12)13/h4-5,7H,2-3,6,8H2,1H3,(H,16,20). The second-order valence-electron chi connectivity index (χ2n) is 4.82. The zero-order valence-electron chi connectivity index (χ0n) is 11.6. The minimum absolute atomic E-state index is 0.170. The number of fused-ring (bicyclic) bond motifs is 1. The number of nitrogens with zero attached hydrogens (tertiary/aromatic N) is 3. The highest BCUT2D eigenvalue weighted by atomic mass is 79.9. The van der Waals surface area contributed by atoms with Crippen LogP contribution in [-0.4, -0.2) is 27.8 Å². The van der Waals surface area contributed by atoms with E-state index in [1.807, 2.05) is 0 Å². The lowest BCUT2D eigenvalue weighted by atomic mass is 10.2. The SMILES string of the molecule is COc1ccc(Br)c(C(=O)NCc2nnc3n2CCC3)c1. The molecule has 6 nitrogen and oxygen atoms in total. The molecule has 0 fully saturated rings. The molecule has 1 aromatic heterocycles. The molecule has 0 spiro atoms. The Morgan fingerprint density at radius 3 is 3.14 bits per heavy atom. The molecular formula is C14H15BrN4O2. The molecule has 21 heavy (non-hydrogen) atoms. The quantitative estimate of drug-likeness (QED) is 0.914. The van der Waals surface area contributed by atoms with Gasteiger partial charge in [0.15, 0.2) is 5.82 Å². The van der Waals surface area contributed by atoms with Gasteiger partial charge >= 0.3 is 0 Å². The lowest BCUT2D eigenvalue weighted by Gasteiger charge is -2.09. The first-order valence-corrected chi connectivity index (χ1v) is 7.51. The van der Waals surface area contributed by atoms with E-state index in [0.717, 1.165) is 35.5 Å². The van der Waals surface area contributed by atoms with Gasteiger partial charge in [0.2, 0.25) is 0 Å². The molecule has 1 aromatic carbocycles. The zero-order chi connectivity index (χ0) is 14.8. The van der Waals surface area contributed by atoms with Crippen LogP contribution in [0.2, 0.25) is 0 Å². The Morgan fingerprint density at radius 1 is 1.48 bits per heavy atom. The third kappa shape index (κ3) is 2.78. The maximum absolute atomic E-state index is 12.3. The van der Waals surface area contributed by atoms with E-state index in [2.05, 4.69) is 36.0 Å². The molecule has 1 aliphatic heterocycles. The normalized spacial score (nSPS) is 13.0. The van der Waals surface area contributed by atoms with Crippen LogP contribution in [-0.2, 0) is 19.5 Å². The third-order valence-corrected chi connectivity index (χ3v) is 4.20. The minimum Gasteiger partial charge on any atom is -0.497 e. The number of carbonyl (C=O) groups is 1. The fourth-order valence-electron chi connectivity index (χ4n) is 2.40. The predicted octanol–water partition coefficient (Wildman–Crippen LogP) is 1.93. The molecule has 1 amide bonds. The highest BCUT2D eigenvalue weighted by Crippen LogP contribution is 2.22. The maximum atomic E-state index is 12.3. The van der Waals surface area contributed by atoms with Crippen LogP contribution in [0.15, 0.2) is 22.7 Å². The number of ether oxygens (including phenoxy) is 1. The van der Waals surface area contributed by atoms with Gasteiger partial charge in [-0.3, -0.25) is 4.79 Å². The zero-order valence-corrected chi connectivity index (χ0v) is 13.2. The molecule has 0 bridgehead atoms. The van der Waals surface area contributed by atoms with Gasteiger partial charge in [-0.05, 0) is 40.5 Å². The summed E-state index contributed by atoms with van der Waals surface area (Å²) in [6.07, 6.45) is 2.05. The molecule has 0 unspecified atom stereocenters. The number of hydrogen-bond donors (Lipinski definition) is 1. The van der Waals surface area contributed by atoms with Gasteiger partial charge in [-0.2, -0.15) is 0 Å². The number of carbonyl (C=O) groups excluding carboxylic acids is 1. The smallest absolute Gasteiger partial charge is 0.252 e. The van der Waals surface area contributed by atoms with Crippen molar-refractivity contribution in [2.45, 2.75) is 25.9 Å². The van der Waals surface area contributed by atoms with Crippen LogP contribution in [0.4, 0.5) is 0 Å². The Bertz CT molecular complexity index is 684. The van der Waals surface area contributed by atoms with Gasteiger partial charge in [-0.15, -0.1) is 10.2 Å². The molecule has 0 atom stereocenters. The van der Waals surface area contributed by atoms with E-state index in [9.17, 15) is 4.79 Å². The van der Waals surface area contributed by atoms with Crippen LogP contribution >= 0.6 is 15.9 Å². The van der Waals surface area contributed by atoms with Crippen LogP contribution in [0, 0.1) is 0 Å². The Kier molecular flexibility index (Phi) is 3.92. The van der Waals surface area contributed by atoms with Crippen molar-refractivity contribution in [2.24, 2.45) is 0 Å². The Morgan fingerprint density at radius 2 is 2.33 bits per heavy atom. The topological polar surface area (TPSA) is 69.0 Å². The van der Waals surface area contributed by atoms with Gasteiger partial charge in [0.1, 0.15) is 11.6 Å². The summed E-state index contributed by atoms with van der Waals surface area (Å²) in [6, 6.07) is 5.29. The summed E-state index contributed by atoms with van der Waals surface area (Å²) < 4.78 is 7.94. The van der Waals surface area contributed by atoms with Gasteiger partial charge in [0, 0.05) is 17.4 Å². The summed E-state index contributed by atoms with van der Waals surface area (Å²) in [5.41, 5.74) is 0.538. The summed E-state index contributed by atoms with van der Waals surface area (Å²) in [7, 11) is 1.57. The van der Waals surface area contributed by atoms with E-state index in [-0.39, 0.29) is 5.91 Å². The summed E-state index contributed by atoms with van der Waals surface area (Å²) >= 11 is 3.38. The first kappa shape index (κ1) is 14.1. The molecule has 0 aliphatic carbocycles. The van der Waals surface area contributed by atoms with E-state index in [0.29, 0.717) is 17.9 Å². The summed E-state index contributed by atoms with van der Waals surface area (Å²) in [4.78, 5) is 12.3. The highest BCUT2D eigenvalue weighted by molar-refractivity contribution is 9.10. The second kappa shape index (κ2) is 5.85. The number of nitrogens with one attached hydrogen (secondary N) is 1. The fraction of sp³-hybridized carbons (Fsp3) is 0.357. The molecule has 110 valence electrons. The molecule has 3 rings (SSSR count). The molecule has 0 radical (unpaired) electrons. The van der Waals surface area contributed by atoms with E-state index in [4.69, 9.17) is 4.74 Å². The Hall–Kier alpha value is -1.89. The lowest BCUT2D eigenvalue weighted by Crippen LogP contribution is -2.25. The molecule has 1 N–H and O–H groups in total. The molecule has 2 heterocycles. The predicted molar refractivity (Wildman–Crippen MR) is 80.2 cm³/mol. The molecule has 2 aromatic rings. The molecule has 0 saturated heterocycles. The fourth-order valence-corrected chi connectivity index (χ4v) is 2.83. The number of aryl methyl sites for hydroxylation is 1. The van der Waals surface area contributed by atoms with Crippen LogP contribution < -0.4 is 10.1 Å². The van der Waals surface area contributed by atoms with E-state index in [1.54, 1.807) is 25.3 Å². The molecular weight excluding hydrogens is 336 g/mol. The van der Waals surface area contributed by atoms with Crippen LogP contribution in [0.3, 0.4) is 0 Å². The van der Waals surface area contributed by atoms with E-state index in [1.165, 1.54) is 0 Å². The van der Waals surface area contributed by atoms with Gasteiger partial charge < -0.3 is 14.6 Å². The number of aromatic nitrogens is 3. The van der Waals surface area contributed by atoms with Crippen molar-refractivity contribution in [3.8, 4) is 5.75 Å². The maximum Gasteiger partial charge on any atom is 0.252 e. The van der Waals surface area contributed by atoms with Gasteiger partial charge in [-0.25, -0.2) is 0 Å². The van der Waals surface area contributed by atoms with Crippen molar-refractivity contribution in [1.82, 2.24) is 20.1 Å². The monoisotopic (exact) mass is 350 g/mol. The van der Waals surface area contributed by atoms with Crippen molar-refractivity contribution < 1.29 is 9.53 Å². The van der Waals surface area contributed by atoms with E-state index < -0.39 is 0 Å². The summed E-state index contributed by atoms with van der Waals surface area (Å²) in [5.74, 6) is 2.28. The summed E-state index contributed by atoms with van der Waals surface area (Å²) in [5, 5.41) is 11.1. The summed E-state index contributed by atoms with van der Waals surface area (Å²) in [6.45, 7) is 1.30. The number of rotatable bonds is 4. The van der Waals surface area contributed by atoms with Gasteiger partial charge in [0.05, 0.1) is 19.2 Å². The van der Waals surface area contributed by atoms with Crippen LogP contribution in [0.5, 0.6) is 5.75 Å². The minimum atomic E-state index is -0.170. The molecule has 0 saturated carbocycles. The number of amides is 1. The number of halogens is 1. The number of methoxy groups -OCH3 is 1. The third-order valence-electron chi connectivity index (χ3n) is 3.51. The van der Waals surface area contributed by atoms with E-state index >= 15 is 0 Å². The largest absolute Gasteiger partial charge is 0.497 e. The first-order chi connectivity index (χ1) is 10.2. The molecule has 1 aliphatic rings. The van der Waals surface area contributed by atoms with Crippen LogP contribution in [0.25, 0.3) is 0 Å². The van der Waals surface area contributed by atoms with Crippen LogP contribution in [0.1, 0.15) is 28.4 Å². The van der Waals surface area contributed by atoms with Crippen molar-refractivity contribution in [3.63, 3.8) is 0 Å². The van der Waals surface area contributed by atoms with Crippen molar-refractivity contribution in [3.05, 3.63) is 39.9 Å². The lowest BCUT2D eigenvalue weighted by molar-refractivity contribution is 0.0948. The average molecular weight is 351 g/mol. The molecule has 7 heteroatoms. The van der Waals surface area contributed by atoms with Crippen molar-refractivity contribution in [2.75, 3.05) is 7.11 Å². The van der Waals surface area contributed by atoms with Gasteiger partial charge in [-0.1, -0.05) is 0 Å². The highest BCUT2D eigenvalue weighted by Gasteiger charge is 2.18. The van der Waals surface area contributed by atoms with Crippen molar-refractivity contribution >= 4 is 21.8 Å². The first-order valence-electron chi connectivity index (χ1n) is 6.71. The van der Waals surface area contributed by atoms with Gasteiger partial charge in [0.25, 0.3) is 5.91 Å². The second-order valence-corrected chi connectivity index (χ2v) is 5.67. The Balaban J connectivity index is 1.72. The number of hydrogen-bond acceptors (Lipinski definition) is 4. The van der Waals surface area contributed by atoms with Crippen molar-refractivity contribution in [1.29, 1.82) is 0 Å².